The number of allylic oxidation sites excluding steroid dienone is 2. The highest BCUT2D eigenvalue weighted by Crippen LogP contribution is 2.43. The first-order chi connectivity index (χ1) is 15.8. The standard InChI is InChI=1S/C29H30FNO2/c1-6-9-20-10-7-8-11-26(20)33-18-24-22(23-13-12-21(30)16-27(23)32-5)14-15-25-28(24)19(2)17-29(3,4)31-25/h6-17,31H,18H2,1-5H3/b9-6+. The second-order valence-electron chi connectivity index (χ2n) is 8.86. The molecule has 3 aromatic carbocycles. The smallest absolute Gasteiger partial charge is 0.129 e. The molecule has 0 fully saturated rings. The van der Waals surface area contributed by atoms with Crippen LogP contribution < -0.4 is 14.8 Å². The second kappa shape index (κ2) is 9.14. The number of halogens is 1. The molecular weight excluding hydrogens is 413 g/mol. The molecule has 170 valence electrons. The van der Waals surface area contributed by atoms with Crippen molar-refractivity contribution in [1.82, 2.24) is 0 Å². The van der Waals surface area contributed by atoms with Crippen LogP contribution in [0, 0.1) is 5.82 Å². The highest BCUT2D eigenvalue weighted by molar-refractivity contribution is 5.88. The molecular formula is C29H30FNO2. The Hall–Kier alpha value is -3.53. The summed E-state index contributed by atoms with van der Waals surface area (Å²) in [5, 5.41) is 3.62. The number of anilines is 1. The molecule has 0 saturated carbocycles. The van der Waals surface area contributed by atoms with Crippen LogP contribution in [0.5, 0.6) is 11.5 Å². The van der Waals surface area contributed by atoms with Crippen LogP contribution in [-0.4, -0.2) is 12.6 Å². The Morgan fingerprint density at radius 2 is 1.76 bits per heavy atom. The van der Waals surface area contributed by atoms with Gasteiger partial charge in [-0.25, -0.2) is 4.39 Å². The molecule has 0 unspecified atom stereocenters. The van der Waals surface area contributed by atoms with E-state index in [9.17, 15) is 4.39 Å². The Balaban J connectivity index is 1.87. The predicted octanol–water partition coefficient (Wildman–Crippen LogP) is 7.72. The Kier molecular flexibility index (Phi) is 6.28. The molecule has 0 bridgehead atoms. The molecule has 1 aliphatic heterocycles. The molecule has 1 heterocycles. The van der Waals surface area contributed by atoms with E-state index in [1.807, 2.05) is 43.3 Å². The van der Waals surface area contributed by atoms with Crippen molar-refractivity contribution in [2.75, 3.05) is 12.4 Å². The summed E-state index contributed by atoms with van der Waals surface area (Å²) < 4.78 is 25.8. The Bertz CT molecular complexity index is 1240. The fraction of sp³-hybridized carbons (Fsp3) is 0.241. The third-order valence-corrected chi connectivity index (χ3v) is 5.83. The number of nitrogens with one attached hydrogen (secondary N) is 1. The van der Waals surface area contributed by atoms with Crippen molar-refractivity contribution in [3.8, 4) is 22.6 Å². The summed E-state index contributed by atoms with van der Waals surface area (Å²) in [6, 6.07) is 16.8. The van der Waals surface area contributed by atoms with Gasteiger partial charge in [0.1, 0.15) is 23.9 Å². The SMILES string of the molecule is C/C=C/c1ccccc1OCc1c(-c2ccc(F)cc2OC)ccc2c1C(C)=CC(C)(C)N2. The van der Waals surface area contributed by atoms with Gasteiger partial charge in [-0.05, 0) is 63.1 Å². The number of hydrogen-bond acceptors (Lipinski definition) is 3. The van der Waals surface area contributed by atoms with Gasteiger partial charge in [-0.2, -0.15) is 0 Å². The Morgan fingerprint density at radius 3 is 2.52 bits per heavy atom. The minimum atomic E-state index is -0.328. The summed E-state index contributed by atoms with van der Waals surface area (Å²) in [7, 11) is 1.56. The van der Waals surface area contributed by atoms with Gasteiger partial charge in [0.25, 0.3) is 0 Å². The lowest BCUT2D eigenvalue weighted by molar-refractivity contribution is 0.305. The number of fused-ring (bicyclic) bond motifs is 1. The monoisotopic (exact) mass is 443 g/mol. The number of para-hydroxylation sites is 1. The highest BCUT2D eigenvalue weighted by Gasteiger charge is 2.27. The maximum atomic E-state index is 13.9. The summed E-state index contributed by atoms with van der Waals surface area (Å²) >= 11 is 0. The number of rotatable bonds is 6. The van der Waals surface area contributed by atoms with Gasteiger partial charge < -0.3 is 14.8 Å². The summed E-state index contributed by atoms with van der Waals surface area (Å²) in [6.07, 6.45) is 6.27. The average molecular weight is 444 g/mol. The van der Waals surface area contributed by atoms with Crippen molar-refractivity contribution in [2.45, 2.75) is 39.8 Å². The van der Waals surface area contributed by atoms with Gasteiger partial charge >= 0.3 is 0 Å². The van der Waals surface area contributed by atoms with Crippen molar-refractivity contribution in [1.29, 1.82) is 0 Å². The molecule has 1 N–H and O–H groups in total. The molecule has 3 aromatic rings. The average Bonchev–Trinajstić information content (AvgIpc) is 2.77. The fourth-order valence-corrected chi connectivity index (χ4v) is 4.57. The molecule has 0 spiro atoms. The third-order valence-electron chi connectivity index (χ3n) is 5.83. The van der Waals surface area contributed by atoms with Crippen LogP contribution in [0.2, 0.25) is 0 Å². The van der Waals surface area contributed by atoms with Gasteiger partial charge in [-0.1, -0.05) is 42.5 Å². The summed E-state index contributed by atoms with van der Waals surface area (Å²) in [4.78, 5) is 0. The van der Waals surface area contributed by atoms with E-state index in [-0.39, 0.29) is 11.4 Å². The lowest BCUT2D eigenvalue weighted by Gasteiger charge is -2.33. The van der Waals surface area contributed by atoms with Crippen LogP contribution in [0.25, 0.3) is 22.8 Å². The molecule has 0 saturated heterocycles. The topological polar surface area (TPSA) is 30.5 Å². The van der Waals surface area contributed by atoms with Gasteiger partial charge in [0.05, 0.1) is 12.6 Å². The highest BCUT2D eigenvalue weighted by atomic mass is 19.1. The first kappa shape index (κ1) is 22.7. The van der Waals surface area contributed by atoms with Crippen molar-refractivity contribution in [3.05, 3.63) is 89.3 Å². The molecule has 0 aromatic heterocycles. The first-order valence-electron chi connectivity index (χ1n) is 11.2. The molecule has 3 nitrogen and oxygen atoms in total. The number of methoxy groups -OCH3 is 1. The van der Waals surface area contributed by atoms with Crippen LogP contribution in [0.15, 0.2) is 66.7 Å². The van der Waals surface area contributed by atoms with E-state index in [1.165, 1.54) is 17.7 Å². The number of ether oxygens (including phenoxy) is 2. The normalized spacial score (nSPS) is 14.4. The van der Waals surface area contributed by atoms with Crippen molar-refractivity contribution in [2.24, 2.45) is 0 Å². The van der Waals surface area contributed by atoms with Crippen molar-refractivity contribution >= 4 is 17.3 Å². The van der Waals surface area contributed by atoms with Gasteiger partial charge in [0.2, 0.25) is 0 Å². The maximum Gasteiger partial charge on any atom is 0.129 e. The third kappa shape index (κ3) is 4.65. The fourth-order valence-electron chi connectivity index (χ4n) is 4.57. The lowest BCUT2D eigenvalue weighted by Crippen LogP contribution is -2.32. The van der Waals surface area contributed by atoms with E-state index < -0.39 is 0 Å². The van der Waals surface area contributed by atoms with E-state index in [0.717, 1.165) is 39.3 Å². The van der Waals surface area contributed by atoms with Crippen LogP contribution >= 0.6 is 0 Å². The van der Waals surface area contributed by atoms with Crippen LogP contribution in [0.4, 0.5) is 10.1 Å². The second-order valence-corrected chi connectivity index (χ2v) is 8.86. The van der Waals surface area contributed by atoms with E-state index in [1.54, 1.807) is 13.2 Å². The molecule has 0 atom stereocenters. The largest absolute Gasteiger partial charge is 0.496 e. The van der Waals surface area contributed by atoms with E-state index in [0.29, 0.717) is 12.4 Å². The van der Waals surface area contributed by atoms with Gasteiger partial charge in [0.15, 0.2) is 0 Å². The lowest BCUT2D eigenvalue weighted by atomic mass is 9.85. The zero-order valence-corrected chi connectivity index (χ0v) is 19.8. The molecule has 4 rings (SSSR count). The van der Waals surface area contributed by atoms with Crippen molar-refractivity contribution in [3.63, 3.8) is 0 Å². The quantitative estimate of drug-likeness (QED) is 0.423. The van der Waals surface area contributed by atoms with E-state index in [2.05, 4.69) is 44.3 Å². The van der Waals surface area contributed by atoms with Gasteiger partial charge in [-0.3, -0.25) is 0 Å². The minimum Gasteiger partial charge on any atom is -0.496 e. The molecule has 33 heavy (non-hydrogen) atoms. The maximum absolute atomic E-state index is 13.9. The van der Waals surface area contributed by atoms with Crippen LogP contribution in [-0.2, 0) is 6.61 Å². The zero-order chi connectivity index (χ0) is 23.6. The first-order valence-corrected chi connectivity index (χ1v) is 11.2. The molecule has 4 heteroatoms. The van der Waals surface area contributed by atoms with Crippen LogP contribution in [0.3, 0.4) is 0 Å². The summed E-state index contributed by atoms with van der Waals surface area (Å²) in [5.74, 6) is 0.985. The van der Waals surface area contributed by atoms with E-state index >= 15 is 0 Å². The molecule has 0 amide bonds. The summed E-state index contributed by atoms with van der Waals surface area (Å²) in [6.45, 7) is 8.79. The zero-order valence-electron chi connectivity index (χ0n) is 19.8. The summed E-state index contributed by atoms with van der Waals surface area (Å²) in [5.41, 5.74) is 7.05. The molecule has 1 aliphatic rings. The number of hydrogen-bond donors (Lipinski definition) is 1. The Labute approximate surface area is 195 Å². The number of benzene rings is 3. The van der Waals surface area contributed by atoms with Gasteiger partial charge in [0, 0.05) is 34.0 Å². The minimum absolute atomic E-state index is 0.150. The van der Waals surface area contributed by atoms with Crippen molar-refractivity contribution < 1.29 is 13.9 Å². The Morgan fingerprint density at radius 1 is 1.00 bits per heavy atom. The molecule has 0 aliphatic carbocycles. The van der Waals surface area contributed by atoms with Crippen LogP contribution in [0.1, 0.15) is 44.4 Å². The molecule has 0 radical (unpaired) electrons. The van der Waals surface area contributed by atoms with Gasteiger partial charge in [-0.15, -0.1) is 0 Å². The van der Waals surface area contributed by atoms with E-state index in [4.69, 9.17) is 9.47 Å². The predicted molar refractivity (Wildman–Crippen MR) is 135 cm³/mol.